The summed E-state index contributed by atoms with van der Waals surface area (Å²) in [5, 5.41) is 9.61. The number of sulfonamides is 1. The molecule has 0 heterocycles. The van der Waals surface area contributed by atoms with E-state index in [-0.39, 0.29) is 23.0 Å². The summed E-state index contributed by atoms with van der Waals surface area (Å²) in [4.78, 5) is -0.212. The van der Waals surface area contributed by atoms with Crippen molar-refractivity contribution in [1.82, 2.24) is 4.72 Å². The van der Waals surface area contributed by atoms with Gasteiger partial charge in [-0.25, -0.2) is 17.5 Å². The first kappa shape index (κ1) is 15.9. The molecule has 0 bridgehead atoms. The van der Waals surface area contributed by atoms with Crippen molar-refractivity contribution in [1.29, 1.82) is 0 Å². The molecule has 19 heavy (non-hydrogen) atoms. The number of aliphatic hydroxyl groups excluding tert-OH is 1. The average molecular weight is 290 g/mol. The van der Waals surface area contributed by atoms with Gasteiger partial charge in [0.1, 0.15) is 5.82 Å². The van der Waals surface area contributed by atoms with E-state index in [0.717, 1.165) is 6.07 Å². The van der Waals surface area contributed by atoms with Crippen molar-refractivity contribution in [2.45, 2.75) is 31.3 Å². The van der Waals surface area contributed by atoms with Crippen LogP contribution in [0.25, 0.3) is 0 Å². The van der Waals surface area contributed by atoms with Crippen LogP contribution in [0.15, 0.2) is 23.1 Å². The molecule has 5 nitrogen and oxygen atoms in total. The third-order valence-electron chi connectivity index (χ3n) is 2.53. The molecule has 108 valence electrons. The van der Waals surface area contributed by atoms with Crippen molar-refractivity contribution < 1.29 is 17.9 Å². The van der Waals surface area contributed by atoms with Crippen LogP contribution in [-0.4, -0.2) is 26.2 Å². The SMILES string of the molecule is CC(C)CC(O)CNS(=O)(=O)c1ccc(N)c(F)c1. The number of halogens is 1. The Hall–Kier alpha value is -1.18. The second kappa shape index (κ2) is 6.31. The normalized spacial score (nSPS) is 13.7. The van der Waals surface area contributed by atoms with Crippen LogP contribution in [0.1, 0.15) is 20.3 Å². The molecule has 0 aliphatic rings. The summed E-state index contributed by atoms with van der Waals surface area (Å²) in [5.41, 5.74) is 5.17. The quantitative estimate of drug-likeness (QED) is 0.684. The Morgan fingerprint density at radius 3 is 2.58 bits per heavy atom. The minimum Gasteiger partial charge on any atom is -0.396 e. The maximum absolute atomic E-state index is 13.2. The zero-order valence-electron chi connectivity index (χ0n) is 10.9. The molecule has 4 N–H and O–H groups in total. The molecule has 1 atom stereocenters. The average Bonchev–Trinajstić information content (AvgIpc) is 2.29. The molecule has 1 aromatic rings. The van der Waals surface area contributed by atoms with Gasteiger partial charge in [0.2, 0.25) is 10.0 Å². The first-order valence-corrected chi connectivity index (χ1v) is 7.43. The lowest BCUT2D eigenvalue weighted by molar-refractivity contribution is 0.152. The number of aliphatic hydroxyl groups is 1. The van der Waals surface area contributed by atoms with Crippen molar-refractivity contribution >= 4 is 15.7 Å². The van der Waals surface area contributed by atoms with E-state index in [1.54, 1.807) is 0 Å². The highest BCUT2D eigenvalue weighted by molar-refractivity contribution is 7.89. The van der Waals surface area contributed by atoms with Crippen molar-refractivity contribution in [3.05, 3.63) is 24.0 Å². The molecular weight excluding hydrogens is 271 g/mol. The van der Waals surface area contributed by atoms with Crippen LogP contribution in [0.3, 0.4) is 0 Å². The summed E-state index contributed by atoms with van der Waals surface area (Å²) in [5.74, 6) is -0.529. The van der Waals surface area contributed by atoms with Gasteiger partial charge in [-0.15, -0.1) is 0 Å². The van der Waals surface area contributed by atoms with Gasteiger partial charge in [-0.05, 0) is 30.5 Å². The molecule has 1 unspecified atom stereocenters. The monoisotopic (exact) mass is 290 g/mol. The first-order valence-electron chi connectivity index (χ1n) is 5.95. The van der Waals surface area contributed by atoms with E-state index in [0.29, 0.717) is 6.42 Å². The minimum atomic E-state index is -3.84. The Labute approximate surface area is 112 Å². The molecule has 1 aromatic carbocycles. The molecule has 0 aliphatic heterocycles. The predicted octanol–water partition coefficient (Wildman–Crippen LogP) is 1.09. The van der Waals surface area contributed by atoms with Crippen molar-refractivity contribution in [3.63, 3.8) is 0 Å². The Morgan fingerprint density at radius 2 is 2.05 bits per heavy atom. The Balaban J connectivity index is 2.73. The lowest BCUT2D eigenvalue weighted by Crippen LogP contribution is -2.32. The Bertz CT molecular complexity index is 532. The highest BCUT2D eigenvalue weighted by atomic mass is 32.2. The van der Waals surface area contributed by atoms with E-state index in [1.807, 2.05) is 13.8 Å². The van der Waals surface area contributed by atoms with Crippen molar-refractivity contribution in [3.8, 4) is 0 Å². The number of hydrogen-bond donors (Lipinski definition) is 3. The fourth-order valence-corrected chi connectivity index (χ4v) is 2.68. The maximum atomic E-state index is 13.2. The zero-order valence-corrected chi connectivity index (χ0v) is 11.7. The smallest absolute Gasteiger partial charge is 0.240 e. The summed E-state index contributed by atoms with van der Waals surface area (Å²) >= 11 is 0. The number of nitrogen functional groups attached to an aromatic ring is 1. The van der Waals surface area contributed by atoms with Crippen molar-refractivity contribution in [2.24, 2.45) is 5.92 Å². The van der Waals surface area contributed by atoms with Gasteiger partial charge >= 0.3 is 0 Å². The topological polar surface area (TPSA) is 92.4 Å². The van der Waals surface area contributed by atoms with Crippen LogP contribution in [0, 0.1) is 11.7 Å². The lowest BCUT2D eigenvalue weighted by atomic mass is 10.1. The van der Waals surface area contributed by atoms with Crippen molar-refractivity contribution in [2.75, 3.05) is 12.3 Å². The lowest BCUT2D eigenvalue weighted by Gasteiger charge is -2.14. The van der Waals surface area contributed by atoms with Gasteiger partial charge in [-0.1, -0.05) is 13.8 Å². The number of nitrogens with one attached hydrogen (secondary N) is 1. The van der Waals surface area contributed by atoms with E-state index < -0.39 is 21.9 Å². The fourth-order valence-electron chi connectivity index (χ4n) is 1.59. The van der Waals surface area contributed by atoms with E-state index in [4.69, 9.17) is 5.73 Å². The number of nitrogens with two attached hydrogens (primary N) is 1. The predicted molar refractivity (Wildman–Crippen MR) is 71.5 cm³/mol. The highest BCUT2D eigenvalue weighted by Gasteiger charge is 2.17. The molecule has 0 aromatic heterocycles. The van der Waals surface area contributed by atoms with Gasteiger partial charge in [0.05, 0.1) is 16.7 Å². The van der Waals surface area contributed by atoms with Gasteiger partial charge in [0.25, 0.3) is 0 Å². The molecular formula is C12H19FN2O3S. The Morgan fingerprint density at radius 1 is 1.42 bits per heavy atom. The van der Waals surface area contributed by atoms with Gasteiger partial charge < -0.3 is 10.8 Å². The third-order valence-corrected chi connectivity index (χ3v) is 3.96. The van der Waals surface area contributed by atoms with Gasteiger partial charge in [0.15, 0.2) is 0 Å². The van der Waals surface area contributed by atoms with Crippen LogP contribution in [0.2, 0.25) is 0 Å². The summed E-state index contributed by atoms with van der Waals surface area (Å²) < 4.78 is 39.2. The number of rotatable bonds is 6. The summed E-state index contributed by atoms with van der Waals surface area (Å²) in [7, 11) is -3.84. The second-order valence-corrected chi connectivity index (χ2v) is 6.59. The number of hydrogen-bond acceptors (Lipinski definition) is 4. The zero-order chi connectivity index (χ0) is 14.6. The highest BCUT2D eigenvalue weighted by Crippen LogP contribution is 2.16. The molecule has 0 aliphatic carbocycles. The van der Waals surface area contributed by atoms with Crippen LogP contribution in [0.5, 0.6) is 0 Å². The summed E-state index contributed by atoms with van der Waals surface area (Å²) in [6, 6.07) is 3.26. The molecule has 0 fully saturated rings. The van der Waals surface area contributed by atoms with E-state index in [2.05, 4.69) is 4.72 Å². The minimum absolute atomic E-state index is 0.105. The number of benzene rings is 1. The molecule has 0 spiro atoms. The molecule has 0 radical (unpaired) electrons. The van der Waals surface area contributed by atoms with Crippen LogP contribution < -0.4 is 10.5 Å². The second-order valence-electron chi connectivity index (χ2n) is 4.82. The molecule has 1 rings (SSSR count). The van der Waals surface area contributed by atoms with E-state index in [9.17, 15) is 17.9 Å². The standard InChI is InChI=1S/C12H19FN2O3S/c1-8(2)5-9(16)7-15-19(17,18)10-3-4-12(14)11(13)6-10/h3-4,6,8-9,15-16H,5,7,14H2,1-2H3. The van der Waals surface area contributed by atoms with Crippen LogP contribution >= 0.6 is 0 Å². The molecule has 0 amide bonds. The van der Waals surface area contributed by atoms with Crippen LogP contribution in [-0.2, 0) is 10.0 Å². The largest absolute Gasteiger partial charge is 0.396 e. The Kier molecular flexibility index (Phi) is 5.28. The van der Waals surface area contributed by atoms with Gasteiger partial charge in [-0.2, -0.15) is 0 Å². The van der Waals surface area contributed by atoms with Gasteiger partial charge in [0, 0.05) is 6.54 Å². The first-order chi connectivity index (χ1) is 8.72. The van der Waals surface area contributed by atoms with E-state index in [1.165, 1.54) is 12.1 Å². The third kappa shape index (κ3) is 4.77. The van der Waals surface area contributed by atoms with Crippen LogP contribution in [0.4, 0.5) is 10.1 Å². The van der Waals surface area contributed by atoms with E-state index >= 15 is 0 Å². The molecule has 0 saturated carbocycles. The maximum Gasteiger partial charge on any atom is 0.240 e. The molecule has 0 saturated heterocycles. The summed E-state index contributed by atoms with van der Waals surface area (Å²) in [6.45, 7) is 3.74. The fraction of sp³-hybridized carbons (Fsp3) is 0.500. The number of anilines is 1. The summed E-state index contributed by atoms with van der Waals surface area (Å²) in [6.07, 6.45) is -0.285. The van der Waals surface area contributed by atoms with Gasteiger partial charge in [-0.3, -0.25) is 0 Å². The molecule has 7 heteroatoms.